The van der Waals surface area contributed by atoms with E-state index in [9.17, 15) is 0 Å². The van der Waals surface area contributed by atoms with E-state index in [4.69, 9.17) is 4.74 Å². The van der Waals surface area contributed by atoms with Crippen LogP contribution in [-0.2, 0) is 6.42 Å². The van der Waals surface area contributed by atoms with Gasteiger partial charge in [0.1, 0.15) is 5.75 Å². The number of benzene rings is 1. The van der Waals surface area contributed by atoms with Crippen LogP contribution >= 0.6 is 0 Å². The molecular weight excluding hydrogens is 274 g/mol. The molecule has 0 amide bonds. The molecule has 2 atom stereocenters. The van der Waals surface area contributed by atoms with E-state index in [2.05, 4.69) is 33.5 Å². The van der Waals surface area contributed by atoms with Crippen molar-refractivity contribution in [1.82, 2.24) is 15.2 Å². The minimum Gasteiger partial charge on any atom is -0.497 e. The predicted octanol–water partition coefficient (Wildman–Crippen LogP) is 2.55. The zero-order chi connectivity index (χ0) is 14.9. The van der Waals surface area contributed by atoms with E-state index in [0.717, 1.165) is 24.8 Å². The third-order valence-electron chi connectivity index (χ3n) is 5.36. The summed E-state index contributed by atoms with van der Waals surface area (Å²) in [7, 11) is 1.74. The molecular formula is C18H25N3O. The van der Waals surface area contributed by atoms with Crippen LogP contribution in [0.2, 0.25) is 0 Å². The van der Waals surface area contributed by atoms with Crippen LogP contribution in [0.4, 0.5) is 0 Å². The number of aromatic nitrogens is 1. The van der Waals surface area contributed by atoms with Crippen molar-refractivity contribution in [2.45, 2.75) is 37.8 Å². The topological polar surface area (TPSA) is 40.3 Å². The Kier molecular flexibility index (Phi) is 3.80. The van der Waals surface area contributed by atoms with Crippen LogP contribution in [0.25, 0.3) is 10.9 Å². The van der Waals surface area contributed by atoms with Crippen molar-refractivity contribution in [2.75, 3.05) is 26.7 Å². The molecule has 2 saturated heterocycles. The molecule has 1 aromatic carbocycles. The molecule has 0 unspecified atom stereocenters. The Balaban J connectivity index is 1.57. The maximum Gasteiger partial charge on any atom is 0.119 e. The first-order valence-corrected chi connectivity index (χ1v) is 8.45. The Bertz CT molecular complexity index is 645. The highest BCUT2D eigenvalue weighted by Gasteiger charge is 2.32. The first kappa shape index (κ1) is 14.1. The van der Waals surface area contributed by atoms with Crippen LogP contribution in [0.3, 0.4) is 0 Å². The smallest absolute Gasteiger partial charge is 0.119 e. The summed E-state index contributed by atoms with van der Waals surface area (Å²) in [5.41, 5.74) is 2.64. The zero-order valence-electron chi connectivity index (χ0n) is 13.3. The van der Waals surface area contributed by atoms with E-state index < -0.39 is 0 Å². The number of rotatable bonds is 4. The maximum absolute atomic E-state index is 5.39. The van der Waals surface area contributed by atoms with Gasteiger partial charge in [-0.2, -0.15) is 0 Å². The van der Waals surface area contributed by atoms with Crippen molar-refractivity contribution < 1.29 is 4.74 Å². The molecule has 4 rings (SSSR count). The quantitative estimate of drug-likeness (QED) is 0.911. The lowest BCUT2D eigenvalue weighted by Crippen LogP contribution is -2.41. The summed E-state index contributed by atoms with van der Waals surface area (Å²) < 4.78 is 5.39. The minimum absolute atomic E-state index is 0.690. The van der Waals surface area contributed by atoms with Crippen molar-refractivity contribution in [3.05, 3.63) is 30.0 Å². The monoisotopic (exact) mass is 299 g/mol. The highest BCUT2D eigenvalue weighted by molar-refractivity contribution is 5.84. The molecule has 0 saturated carbocycles. The summed E-state index contributed by atoms with van der Waals surface area (Å²) in [5.74, 6) is 0.941. The number of hydrogen-bond acceptors (Lipinski definition) is 3. The summed E-state index contributed by atoms with van der Waals surface area (Å²) in [5, 5.41) is 4.82. The van der Waals surface area contributed by atoms with Crippen LogP contribution in [-0.4, -0.2) is 48.7 Å². The van der Waals surface area contributed by atoms with Crippen LogP contribution in [0.5, 0.6) is 5.75 Å². The van der Waals surface area contributed by atoms with Gasteiger partial charge in [0.25, 0.3) is 0 Å². The van der Waals surface area contributed by atoms with Crippen LogP contribution < -0.4 is 10.1 Å². The van der Waals surface area contributed by atoms with Gasteiger partial charge in [-0.3, -0.25) is 4.90 Å². The number of nitrogens with one attached hydrogen (secondary N) is 2. The molecule has 4 nitrogen and oxygen atoms in total. The van der Waals surface area contributed by atoms with Gasteiger partial charge in [-0.1, -0.05) is 0 Å². The highest BCUT2D eigenvalue weighted by Crippen LogP contribution is 2.29. The number of ether oxygens (including phenoxy) is 1. The number of likely N-dealkylation sites (tertiary alicyclic amines) is 1. The van der Waals surface area contributed by atoms with E-state index in [1.165, 1.54) is 48.8 Å². The highest BCUT2D eigenvalue weighted by atomic mass is 16.5. The van der Waals surface area contributed by atoms with Crippen molar-refractivity contribution in [3.8, 4) is 5.75 Å². The van der Waals surface area contributed by atoms with E-state index in [1.807, 2.05) is 6.07 Å². The van der Waals surface area contributed by atoms with Gasteiger partial charge >= 0.3 is 0 Å². The van der Waals surface area contributed by atoms with Gasteiger partial charge in [-0.15, -0.1) is 0 Å². The average molecular weight is 299 g/mol. The second-order valence-corrected chi connectivity index (χ2v) is 6.61. The molecule has 0 spiro atoms. The van der Waals surface area contributed by atoms with Crippen LogP contribution in [0.1, 0.15) is 24.8 Å². The minimum atomic E-state index is 0.690. The molecule has 2 fully saturated rings. The number of nitrogens with zero attached hydrogens (tertiary/aromatic N) is 1. The Labute approximate surface area is 131 Å². The summed E-state index contributed by atoms with van der Waals surface area (Å²) >= 11 is 0. The number of fused-ring (bicyclic) bond motifs is 1. The van der Waals surface area contributed by atoms with E-state index in [-0.39, 0.29) is 0 Å². The Hall–Kier alpha value is -1.52. The van der Waals surface area contributed by atoms with Gasteiger partial charge in [0.2, 0.25) is 0 Å². The second kappa shape index (κ2) is 5.94. The first-order chi connectivity index (χ1) is 10.8. The largest absolute Gasteiger partial charge is 0.497 e. The van der Waals surface area contributed by atoms with Crippen LogP contribution in [0, 0.1) is 0 Å². The molecule has 0 bridgehead atoms. The maximum atomic E-state index is 5.39. The van der Waals surface area contributed by atoms with Gasteiger partial charge in [-0.25, -0.2) is 0 Å². The van der Waals surface area contributed by atoms with Gasteiger partial charge < -0.3 is 15.0 Å². The molecule has 118 valence electrons. The fraction of sp³-hybridized carbons (Fsp3) is 0.556. The zero-order valence-corrected chi connectivity index (χ0v) is 13.3. The number of methoxy groups -OCH3 is 1. The molecule has 2 N–H and O–H groups in total. The molecule has 2 aromatic rings. The average Bonchev–Trinajstić information content (AvgIpc) is 3.27. The van der Waals surface area contributed by atoms with Crippen molar-refractivity contribution >= 4 is 10.9 Å². The fourth-order valence-corrected chi connectivity index (χ4v) is 4.19. The molecule has 2 aliphatic rings. The lowest BCUT2D eigenvalue weighted by Gasteiger charge is -2.30. The van der Waals surface area contributed by atoms with Crippen molar-refractivity contribution in [3.63, 3.8) is 0 Å². The van der Waals surface area contributed by atoms with Crippen molar-refractivity contribution in [1.29, 1.82) is 0 Å². The van der Waals surface area contributed by atoms with Gasteiger partial charge in [0, 0.05) is 35.7 Å². The third-order valence-corrected chi connectivity index (χ3v) is 5.36. The Morgan fingerprint density at radius 3 is 3.09 bits per heavy atom. The second-order valence-electron chi connectivity index (χ2n) is 6.61. The molecule has 3 heterocycles. The first-order valence-electron chi connectivity index (χ1n) is 8.45. The number of hydrogen-bond donors (Lipinski definition) is 2. The summed E-state index contributed by atoms with van der Waals surface area (Å²) in [6.45, 7) is 3.61. The summed E-state index contributed by atoms with van der Waals surface area (Å²) in [6, 6.07) is 7.74. The summed E-state index contributed by atoms with van der Waals surface area (Å²) in [6.07, 6.45) is 7.30. The number of aromatic amines is 1. The van der Waals surface area contributed by atoms with Crippen LogP contribution in [0.15, 0.2) is 24.4 Å². The van der Waals surface area contributed by atoms with Gasteiger partial charge in [0.05, 0.1) is 7.11 Å². The normalized spacial score (nSPS) is 26.0. The molecule has 22 heavy (non-hydrogen) atoms. The van der Waals surface area contributed by atoms with Crippen molar-refractivity contribution in [2.24, 2.45) is 0 Å². The van der Waals surface area contributed by atoms with Gasteiger partial charge in [0.15, 0.2) is 0 Å². The molecule has 0 aliphatic carbocycles. The third kappa shape index (κ3) is 2.50. The standard InChI is InChI=1S/C18H25N3O/c1-22-16-4-5-18-17(10-16)13(11-20-18)9-14-3-2-8-21(14)15-6-7-19-12-15/h4-5,10-11,14-15,19-20H,2-3,6-9,12H2,1H3/t14-,15+/m1/s1. The Morgan fingerprint density at radius 2 is 2.27 bits per heavy atom. The Morgan fingerprint density at radius 1 is 1.32 bits per heavy atom. The van der Waals surface area contributed by atoms with Gasteiger partial charge in [-0.05, 0) is 62.5 Å². The summed E-state index contributed by atoms with van der Waals surface area (Å²) in [4.78, 5) is 6.16. The molecule has 4 heteroatoms. The molecule has 1 aromatic heterocycles. The fourth-order valence-electron chi connectivity index (χ4n) is 4.19. The molecule has 2 aliphatic heterocycles. The number of H-pyrrole nitrogens is 1. The van der Waals surface area contributed by atoms with E-state index >= 15 is 0 Å². The molecule has 0 radical (unpaired) electrons. The lowest BCUT2D eigenvalue weighted by atomic mass is 10.0. The lowest BCUT2D eigenvalue weighted by molar-refractivity contribution is 0.190. The SMILES string of the molecule is COc1ccc2[nH]cc(C[C@H]3CCCN3[C@H]3CCNC3)c2c1. The predicted molar refractivity (Wildman–Crippen MR) is 89.6 cm³/mol. The van der Waals surface area contributed by atoms with E-state index in [0.29, 0.717) is 6.04 Å². The van der Waals surface area contributed by atoms with E-state index in [1.54, 1.807) is 7.11 Å².